The molecule has 0 fully saturated rings. The van der Waals surface area contributed by atoms with E-state index in [1.807, 2.05) is 29.5 Å². The number of amides is 1. The Morgan fingerprint density at radius 3 is 2.88 bits per heavy atom. The Labute approximate surface area is 116 Å². The van der Waals surface area contributed by atoms with E-state index in [-0.39, 0.29) is 11.7 Å². The predicted molar refractivity (Wildman–Crippen MR) is 74.5 cm³/mol. The Balaban J connectivity index is 2.59. The van der Waals surface area contributed by atoms with Crippen molar-refractivity contribution in [2.45, 2.75) is 18.2 Å². The predicted octanol–water partition coefficient (Wildman–Crippen LogP) is 3.33. The van der Waals surface area contributed by atoms with Gasteiger partial charge in [0.25, 0.3) is 5.91 Å². The molecule has 0 saturated heterocycles. The van der Waals surface area contributed by atoms with Crippen LogP contribution in [0.2, 0.25) is 0 Å². The molecule has 1 N–H and O–H groups in total. The first kappa shape index (κ1) is 13.9. The molecule has 0 bridgehead atoms. The van der Waals surface area contributed by atoms with E-state index < -0.39 is 0 Å². The largest absolute Gasteiger partial charge is 0.352 e. The topological polar surface area (TPSA) is 29.1 Å². The molecule has 0 aliphatic rings. The number of hydrogen-bond acceptors (Lipinski definition) is 1. The van der Waals surface area contributed by atoms with Gasteiger partial charge in [-0.2, -0.15) is 0 Å². The van der Waals surface area contributed by atoms with Gasteiger partial charge in [-0.1, -0.05) is 22.9 Å². The van der Waals surface area contributed by atoms with Crippen molar-refractivity contribution in [1.29, 1.82) is 0 Å². The van der Waals surface area contributed by atoms with Crippen LogP contribution in [0.25, 0.3) is 0 Å². The van der Waals surface area contributed by atoms with E-state index in [1.165, 1.54) is 18.2 Å². The first-order chi connectivity index (χ1) is 7.50. The van der Waals surface area contributed by atoms with Crippen LogP contribution in [0.3, 0.4) is 0 Å². The third-order valence-electron chi connectivity index (χ3n) is 2.00. The van der Waals surface area contributed by atoms with Crippen molar-refractivity contribution in [3.63, 3.8) is 0 Å². The van der Waals surface area contributed by atoms with Crippen molar-refractivity contribution in [2.75, 3.05) is 6.54 Å². The van der Waals surface area contributed by atoms with Gasteiger partial charge in [-0.15, -0.1) is 0 Å². The van der Waals surface area contributed by atoms with Crippen molar-refractivity contribution < 1.29 is 9.18 Å². The molecule has 0 spiro atoms. The fourth-order valence-electron chi connectivity index (χ4n) is 1.15. The standard InChI is InChI=1S/C11H12BrFINO/c1-7(12)4-5-15-11(16)9-3-2-8(13)6-10(9)14/h2-3,6-7H,4-5H2,1H3,(H,15,16). The number of alkyl halides is 1. The lowest BCUT2D eigenvalue weighted by Crippen LogP contribution is -2.26. The van der Waals surface area contributed by atoms with Crippen molar-refractivity contribution in [3.05, 3.63) is 33.1 Å². The molecule has 0 aromatic heterocycles. The van der Waals surface area contributed by atoms with Crippen molar-refractivity contribution in [3.8, 4) is 0 Å². The van der Waals surface area contributed by atoms with Gasteiger partial charge in [-0.3, -0.25) is 4.79 Å². The third kappa shape index (κ3) is 4.37. The highest BCUT2D eigenvalue weighted by Crippen LogP contribution is 2.13. The number of benzene rings is 1. The van der Waals surface area contributed by atoms with Crippen molar-refractivity contribution in [2.24, 2.45) is 0 Å². The SMILES string of the molecule is CC(Br)CCNC(=O)c1ccc(F)cc1I. The zero-order valence-corrected chi connectivity index (χ0v) is 12.5. The molecule has 0 heterocycles. The maximum atomic E-state index is 12.8. The molecule has 0 aliphatic carbocycles. The van der Waals surface area contributed by atoms with E-state index in [1.54, 1.807) is 0 Å². The molecular formula is C11H12BrFINO. The molecule has 2 nitrogen and oxygen atoms in total. The molecule has 1 aromatic carbocycles. The highest BCUT2D eigenvalue weighted by molar-refractivity contribution is 14.1. The quantitative estimate of drug-likeness (QED) is 0.610. The summed E-state index contributed by atoms with van der Waals surface area (Å²) in [6.45, 7) is 2.63. The van der Waals surface area contributed by atoms with Gasteiger partial charge in [0.15, 0.2) is 0 Å². The number of halogens is 3. The second-order valence-electron chi connectivity index (χ2n) is 3.45. The van der Waals surface area contributed by atoms with Gasteiger partial charge in [-0.25, -0.2) is 4.39 Å². The fourth-order valence-corrected chi connectivity index (χ4v) is 2.10. The van der Waals surface area contributed by atoms with Crippen LogP contribution in [0.5, 0.6) is 0 Å². The van der Waals surface area contributed by atoms with E-state index in [2.05, 4.69) is 21.2 Å². The van der Waals surface area contributed by atoms with Gasteiger partial charge in [-0.05, 0) is 47.2 Å². The van der Waals surface area contributed by atoms with Crippen LogP contribution < -0.4 is 5.32 Å². The Hall–Kier alpha value is -0.170. The van der Waals surface area contributed by atoms with Gasteiger partial charge >= 0.3 is 0 Å². The average Bonchev–Trinajstić information content (AvgIpc) is 2.16. The molecule has 5 heteroatoms. The maximum Gasteiger partial charge on any atom is 0.252 e. The summed E-state index contributed by atoms with van der Waals surface area (Å²) in [5.74, 6) is -0.479. The lowest BCUT2D eigenvalue weighted by atomic mass is 10.2. The zero-order valence-electron chi connectivity index (χ0n) is 8.77. The average molecular weight is 400 g/mol. The van der Waals surface area contributed by atoms with Crippen molar-refractivity contribution in [1.82, 2.24) is 5.32 Å². The molecule has 1 amide bonds. The van der Waals surface area contributed by atoms with Crippen LogP contribution in [0, 0.1) is 9.39 Å². The summed E-state index contributed by atoms with van der Waals surface area (Å²) < 4.78 is 13.5. The number of nitrogens with one attached hydrogen (secondary N) is 1. The Morgan fingerprint density at radius 1 is 1.62 bits per heavy atom. The number of hydrogen-bond donors (Lipinski definition) is 1. The number of carbonyl (C=O) groups is 1. The summed E-state index contributed by atoms with van der Waals surface area (Å²) in [6.07, 6.45) is 0.865. The van der Waals surface area contributed by atoms with E-state index in [0.29, 0.717) is 20.5 Å². The van der Waals surface area contributed by atoms with Crippen LogP contribution in [0.4, 0.5) is 4.39 Å². The van der Waals surface area contributed by atoms with Crippen LogP contribution >= 0.6 is 38.5 Å². The molecule has 88 valence electrons. The lowest BCUT2D eigenvalue weighted by Gasteiger charge is -2.07. The molecule has 1 atom stereocenters. The van der Waals surface area contributed by atoms with Gasteiger partial charge < -0.3 is 5.32 Å². The third-order valence-corrected chi connectivity index (χ3v) is 3.35. The van der Waals surface area contributed by atoms with Crippen LogP contribution in [-0.4, -0.2) is 17.3 Å². The summed E-state index contributed by atoms with van der Waals surface area (Å²) in [7, 11) is 0. The molecule has 0 radical (unpaired) electrons. The lowest BCUT2D eigenvalue weighted by molar-refractivity contribution is 0.0952. The van der Waals surface area contributed by atoms with Gasteiger partial charge in [0, 0.05) is 14.9 Å². The number of rotatable bonds is 4. The van der Waals surface area contributed by atoms with Crippen LogP contribution in [0.1, 0.15) is 23.7 Å². The minimum Gasteiger partial charge on any atom is -0.352 e. The first-order valence-corrected chi connectivity index (χ1v) is 6.87. The Kier molecular flexibility index (Phi) is 5.68. The van der Waals surface area contributed by atoms with E-state index in [0.717, 1.165) is 6.42 Å². The molecule has 16 heavy (non-hydrogen) atoms. The summed E-state index contributed by atoms with van der Waals surface area (Å²) in [5.41, 5.74) is 0.518. The Morgan fingerprint density at radius 2 is 2.31 bits per heavy atom. The second kappa shape index (κ2) is 6.54. The summed E-state index contributed by atoms with van der Waals surface area (Å²) in [4.78, 5) is 12.1. The van der Waals surface area contributed by atoms with Crippen molar-refractivity contribution >= 4 is 44.4 Å². The van der Waals surface area contributed by atoms with Crippen LogP contribution in [-0.2, 0) is 0 Å². The maximum absolute atomic E-state index is 12.8. The van der Waals surface area contributed by atoms with Gasteiger partial charge in [0.1, 0.15) is 5.82 Å². The summed E-state index contributed by atoms with van der Waals surface area (Å²) in [6, 6.07) is 4.15. The molecule has 0 aliphatic heterocycles. The minimum absolute atomic E-state index is 0.155. The zero-order chi connectivity index (χ0) is 12.1. The normalized spacial score (nSPS) is 12.2. The smallest absolute Gasteiger partial charge is 0.252 e. The molecular weight excluding hydrogens is 388 g/mol. The molecule has 0 saturated carbocycles. The second-order valence-corrected chi connectivity index (χ2v) is 6.17. The van der Waals surface area contributed by atoms with Gasteiger partial charge in [0.05, 0.1) is 5.56 Å². The fraction of sp³-hybridized carbons (Fsp3) is 0.364. The summed E-state index contributed by atoms with van der Waals surface area (Å²) in [5, 5.41) is 2.79. The molecule has 1 rings (SSSR count). The monoisotopic (exact) mass is 399 g/mol. The van der Waals surface area contributed by atoms with E-state index in [9.17, 15) is 9.18 Å². The van der Waals surface area contributed by atoms with E-state index >= 15 is 0 Å². The summed E-state index contributed by atoms with van der Waals surface area (Å²) >= 11 is 5.36. The van der Waals surface area contributed by atoms with Crippen LogP contribution in [0.15, 0.2) is 18.2 Å². The first-order valence-electron chi connectivity index (χ1n) is 4.88. The molecule has 1 unspecified atom stereocenters. The Bertz CT molecular complexity index is 384. The highest BCUT2D eigenvalue weighted by atomic mass is 127. The molecule has 1 aromatic rings. The van der Waals surface area contributed by atoms with Gasteiger partial charge in [0.2, 0.25) is 0 Å². The van der Waals surface area contributed by atoms with E-state index in [4.69, 9.17) is 0 Å². The number of carbonyl (C=O) groups excluding carboxylic acids is 1. The highest BCUT2D eigenvalue weighted by Gasteiger charge is 2.10. The minimum atomic E-state index is -0.324.